The second-order valence-corrected chi connectivity index (χ2v) is 18.1. The molecule has 56 heavy (non-hydrogen) atoms. The van der Waals surface area contributed by atoms with Gasteiger partial charge in [0.1, 0.15) is 35.1 Å². The molecular formula is C39H45F2N7O7S. The van der Waals surface area contributed by atoms with E-state index in [1.165, 1.54) is 9.70 Å². The zero-order valence-electron chi connectivity index (χ0n) is 31.4. The molecule has 298 valence electrons. The Hall–Kier alpha value is -5.19. The van der Waals surface area contributed by atoms with Crippen LogP contribution in [0, 0.1) is 11.3 Å². The molecule has 0 radical (unpaired) electrons. The number of ether oxygens (including phenoxy) is 1. The summed E-state index contributed by atoms with van der Waals surface area (Å²) in [7, 11) is -4.13. The lowest BCUT2D eigenvalue weighted by atomic mass is 9.85. The third-order valence-corrected chi connectivity index (χ3v) is 12.6. The maximum Gasteiger partial charge on any atom is 0.408 e. The van der Waals surface area contributed by atoms with Crippen LogP contribution in [0.3, 0.4) is 0 Å². The van der Waals surface area contributed by atoms with Gasteiger partial charge in [0, 0.05) is 30.5 Å². The highest BCUT2D eigenvalue weighted by Gasteiger charge is 2.67. The van der Waals surface area contributed by atoms with E-state index in [1.807, 2.05) is 71.5 Å². The number of cyclic esters (lactones) is 1. The molecule has 1 unspecified atom stereocenters. The molecule has 7 rings (SSSR count). The summed E-state index contributed by atoms with van der Waals surface area (Å²) in [6.45, 7) is 6.78. The number of aromatic nitrogens is 3. The van der Waals surface area contributed by atoms with Crippen molar-refractivity contribution in [3.8, 4) is 22.5 Å². The van der Waals surface area contributed by atoms with Crippen LogP contribution in [0.2, 0.25) is 0 Å². The summed E-state index contributed by atoms with van der Waals surface area (Å²) in [5, 5.41) is 14.1. The molecule has 6 atom stereocenters. The van der Waals surface area contributed by atoms with Crippen LogP contribution in [-0.2, 0) is 29.1 Å². The molecule has 3 aromatic rings. The van der Waals surface area contributed by atoms with Gasteiger partial charge in [-0.25, -0.2) is 22.0 Å². The van der Waals surface area contributed by atoms with Crippen LogP contribution in [0.25, 0.3) is 28.6 Å². The Labute approximate surface area is 323 Å². The predicted octanol–water partition coefficient (Wildman–Crippen LogP) is 4.45. The number of nitrogens with one attached hydrogen (secondary N) is 3. The number of alkyl halides is 2. The van der Waals surface area contributed by atoms with Crippen LogP contribution in [0.1, 0.15) is 71.4 Å². The summed E-state index contributed by atoms with van der Waals surface area (Å²) in [6.07, 6.45) is -0.265. The Kier molecular flexibility index (Phi) is 10.3. The molecule has 2 aliphatic carbocycles. The Morgan fingerprint density at radius 2 is 1.70 bits per heavy atom. The number of hydrogen-bond donors (Lipinski definition) is 3. The lowest BCUT2D eigenvalue weighted by Crippen LogP contribution is -2.60. The van der Waals surface area contributed by atoms with Gasteiger partial charge in [0.15, 0.2) is 0 Å². The standard InChI is InChI=1S/C39H45F2N7O7S/c1-22-10-8-11-23-12-9-15-25(18-23)31-30(24-13-6-5-7-14-24)44-48(45-31)26-19-29(47(21-26)35(50)32(38(2,3)4)42-37(52)55-22)34(49)43-39(20-28(39)33(40)41)36(51)46-56(53,54)27-16-17-27/h5-9,11-15,18,22,26-29,32-33H,10,16-17,19-21H2,1-4H3,(H,42,52)(H,43,49)(H,46,51)/b11-8+/t22-,26?,28+,29+,32-,39+/m1/s1. The summed E-state index contributed by atoms with van der Waals surface area (Å²) in [5.41, 5.74) is 0.336. The number of rotatable bonds is 7. The number of hydrogen-bond acceptors (Lipinski definition) is 9. The molecule has 2 aliphatic heterocycles. The number of sulfonamides is 1. The molecule has 1 aromatic heterocycles. The first-order chi connectivity index (χ1) is 26.5. The number of halogens is 2. The van der Waals surface area contributed by atoms with E-state index in [4.69, 9.17) is 14.9 Å². The fraction of sp³-hybridized carbons (Fsp3) is 0.487. The Bertz CT molecular complexity index is 2170. The van der Waals surface area contributed by atoms with Crippen molar-refractivity contribution in [1.82, 2.24) is 35.2 Å². The van der Waals surface area contributed by atoms with Crippen molar-refractivity contribution in [2.75, 3.05) is 6.54 Å². The van der Waals surface area contributed by atoms with Gasteiger partial charge in [-0.1, -0.05) is 81.5 Å². The largest absolute Gasteiger partial charge is 0.446 e. The smallest absolute Gasteiger partial charge is 0.408 e. The first kappa shape index (κ1) is 39.1. The van der Waals surface area contributed by atoms with E-state index >= 15 is 0 Å². The molecule has 17 heteroatoms. The van der Waals surface area contributed by atoms with Crippen LogP contribution in [0.4, 0.5) is 13.6 Å². The summed E-state index contributed by atoms with van der Waals surface area (Å²) >= 11 is 0. The van der Waals surface area contributed by atoms with Crippen molar-refractivity contribution >= 4 is 39.9 Å². The molecule has 1 saturated heterocycles. The second-order valence-electron chi connectivity index (χ2n) is 16.2. The summed E-state index contributed by atoms with van der Waals surface area (Å²) in [5.74, 6) is -4.50. The lowest BCUT2D eigenvalue weighted by Gasteiger charge is -2.35. The number of fused-ring (bicyclic) bond motifs is 8. The molecular weight excluding hydrogens is 749 g/mol. The van der Waals surface area contributed by atoms with Crippen LogP contribution in [0.15, 0.2) is 60.7 Å². The summed E-state index contributed by atoms with van der Waals surface area (Å²) in [6, 6.07) is 13.7. The first-order valence-corrected chi connectivity index (χ1v) is 20.2. The maximum atomic E-state index is 14.6. The number of carbonyl (C=O) groups is 4. The van der Waals surface area contributed by atoms with E-state index in [1.54, 1.807) is 27.7 Å². The van der Waals surface area contributed by atoms with Gasteiger partial charge in [-0.3, -0.25) is 19.1 Å². The number of carbonyl (C=O) groups excluding carboxylic acids is 4. The van der Waals surface area contributed by atoms with Gasteiger partial charge < -0.3 is 20.3 Å². The van der Waals surface area contributed by atoms with E-state index in [2.05, 4.69) is 10.6 Å². The molecule has 2 aromatic carbocycles. The van der Waals surface area contributed by atoms with E-state index in [9.17, 15) is 36.4 Å². The van der Waals surface area contributed by atoms with Crippen molar-refractivity contribution < 1.29 is 41.1 Å². The molecule has 14 nitrogen and oxygen atoms in total. The average molecular weight is 794 g/mol. The highest BCUT2D eigenvalue weighted by molar-refractivity contribution is 7.91. The third-order valence-electron chi connectivity index (χ3n) is 10.8. The van der Waals surface area contributed by atoms with Gasteiger partial charge >= 0.3 is 6.09 Å². The highest BCUT2D eigenvalue weighted by Crippen LogP contribution is 2.49. The Balaban J connectivity index is 1.30. The van der Waals surface area contributed by atoms with E-state index < -0.39 is 93.0 Å². The van der Waals surface area contributed by atoms with Crippen LogP contribution >= 0.6 is 0 Å². The van der Waals surface area contributed by atoms with Crippen molar-refractivity contribution in [1.29, 1.82) is 0 Å². The number of nitrogens with zero attached hydrogens (tertiary/aromatic N) is 4. The van der Waals surface area contributed by atoms with E-state index in [-0.39, 0.29) is 13.0 Å². The van der Waals surface area contributed by atoms with Crippen molar-refractivity contribution in [2.24, 2.45) is 11.3 Å². The predicted molar refractivity (Wildman–Crippen MR) is 201 cm³/mol. The van der Waals surface area contributed by atoms with Gasteiger partial charge in [0.2, 0.25) is 28.3 Å². The molecule has 3 fully saturated rings. The van der Waals surface area contributed by atoms with Gasteiger partial charge in [-0.15, -0.1) is 0 Å². The molecule has 3 heterocycles. The maximum absolute atomic E-state index is 14.6. The fourth-order valence-electron chi connectivity index (χ4n) is 7.36. The van der Waals surface area contributed by atoms with Gasteiger partial charge in [-0.2, -0.15) is 15.0 Å². The Morgan fingerprint density at radius 3 is 2.34 bits per heavy atom. The zero-order valence-corrected chi connectivity index (χ0v) is 32.3. The van der Waals surface area contributed by atoms with E-state index in [0.717, 1.165) is 16.7 Å². The highest BCUT2D eigenvalue weighted by atomic mass is 32.2. The quantitative estimate of drug-likeness (QED) is 0.312. The normalized spacial score (nSPS) is 27.4. The van der Waals surface area contributed by atoms with Gasteiger partial charge in [0.05, 0.1) is 17.2 Å². The number of amides is 4. The molecule has 0 spiro atoms. The minimum atomic E-state index is -4.13. The van der Waals surface area contributed by atoms with Gasteiger partial charge in [0.25, 0.3) is 5.91 Å². The Morgan fingerprint density at radius 1 is 1.02 bits per heavy atom. The van der Waals surface area contributed by atoms with Crippen LogP contribution < -0.4 is 15.4 Å². The zero-order chi connectivity index (χ0) is 40.2. The number of alkyl carbamates (subject to hydrolysis) is 1. The second kappa shape index (κ2) is 14.7. The average Bonchev–Trinajstić information content (AvgIpc) is 4.03. The minimum absolute atomic E-state index is 0.0987. The van der Waals surface area contributed by atoms with Crippen LogP contribution in [0.5, 0.6) is 0 Å². The molecule has 4 amide bonds. The topological polar surface area (TPSA) is 182 Å². The van der Waals surface area contributed by atoms with E-state index in [0.29, 0.717) is 30.7 Å². The number of benzene rings is 2. The molecule has 3 N–H and O–H groups in total. The SMILES string of the molecule is C[C@@H]1C/C=C/c2cccc(c2)-c2nn(nc2-c2ccccc2)C2C[C@@H](C(=O)N[C@@]3(C(=O)NS(=O)(=O)C4CC4)C[C@H]3C(F)F)N(C2)C(=O)[C@H](C(C)(C)C)NC(=O)O1. The monoisotopic (exact) mass is 793 g/mol. The van der Waals surface area contributed by atoms with Gasteiger partial charge in [-0.05, 0) is 43.2 Å². The molecule has 2 saturated carbocycles. The van der Waals surface area contributed by atoms with Crippen LogP contribution in [-0.4, -0.2) is 94.1 Å². The summed E-state index contributed by atoms with van der Waals surface area (Å²) < 4.78 is 61.3. The fourth-order valence-corrected chi connectivity index (χ4v) is 8.73. The minimum Gasteiger partial charge on any atom is -0.446 e. The third kappa shape index (κ3) is 7.90. The lowest BCUT2D eigenvalue weighted by molar-refractivity contribution is -0.143. The molecule has 6 bridgehead atoms. The molecule has 4 aliphatic rings. The summed E-state index contributed by atoms with van der Waals surface area (Å²) in [4.78, 5) is 58.4. The first-order valence-electron chi connectivity index (χ1n) is 18.7. The van der Waals surface area contributed by atoms with Crippen molar-refractivity contribution in [3.05, 3.63) is 66.2 Å². The van der Waals surface area contributed by atoms with Crippen molar-refractivity contribution in [2.45, 2.75) is 101 Å². The van der Waals surface area contributed by atoms with Crippen molar-refractivity contribution in [3.63, 3.8) is 0 Å².